The van der Waals surface area contributed by atoms with Crippen LogP contribution in [-0.4, -0.2) is 50.3 Å². The van der Waals surface area contributed by atoms with Gasteiger partial charge in [-0.1, -0.05) is 94.7 Å². The Hall–Kier alpha value is -2.08. The number of para-hydroxylation sites is 2. The topological polar surface area (TPSA) is 57.2 Å². The van der Waals surface area contributed by atoms with Crippen LogP contribution in [0.2, 0.25) is 0 Å². The molecular weight excluding hydrogens is 476 g/mol. The van der Waals surface area contributed by atoms with Crippen LogP contribution in [0.15, 0.2) is 48.5 Å². The average Bonchev–Trinajstić information content (AvgIpc) is 2.95. The summed E-state index contributed by atoms with van der Waals surface area (Å²) in [5, 5.41) is 9.70. The molecule has 0 atom stereocenters. The van der Waals surface area contributed by atoms with Crippen LogP contribution in [0.25, 0.3) is 0 Å². The van der Waals surface area contributed by atoms with Gasteiger partial charge >= 0.3 is 0 Å². The highest BCUT2D eigenvalue weighted by atomic mass is 16.5. The standard InChI is InChI=1S/C33H50O5/c1-2-3-4-5-6-7-8-13-20-33(38-24-23-34)21-18-29-14-9-11-16-31(29)36-27-25-35-26-28-37-32-17-12-10-15-30(32)19-22-33/h9-12,14-17,34H,2-8,13,18-28H2,1H3. The van der Waals surface area contributed by atoms with E-state index in [4.69, 9.17) is 18.9 Å². The Morgan fingerprint density at radius 3 is 1.79 bits per heavy atom. The number of fused-ring (bicyclic) bond motifs is 2. The van der Waals surface area contributed by atoms with Crippen LogP contribution in [0.1, 0.15) is 88.7 Å². The second-order valence-electron chi connectivity index (χ2n) is 10.5. The fourth-order valence-corrected chi connectivity index (χ4v) is 5.39. The zero-order valence-corrected chi connectivity index (χ0v) is 23.6. The first-order valence-electron chi connectivity index (χ1n) is 15.0. The molecule has 0 saturated carbocycles. The Kier molecular flexibility index (Phi) is 14.6. The van der Waals surface area contributed by atoms with Crippen LogP contribution in [0, 0.1) is 0 Å². The maximum Gasteiger partial charge on any atom is 0.122 e. The van der Waals surface area contributed by atoms with E-state index in [1.807, 2.05) is 24.3 Å². The number of hydrogen-bond donors (Lipinski definition) is 1. The van der Waals surface area contributed by atoms with E-state index in [9.17, 15) is 5.11 Å². The van der Waals surface area contributed by atoms with Crippen molar-refractivity contribution in [2.24, 2.45) is 0 Å². The predicted molar refractivity (Wildman–Crippen MR) is 154 cm³/mol. The average molecular weight is 527 g/mol. The lowest BCUT2D eigenvalue weighted by atomic mass is 9.83. The summed E-state index contributed by atoms with van der Waals surface area (Å²) < 4.78 is 24.5. The Bertz CT molecular complexity index is 828. The fourth-order valence-electron chi connectivity index (χ4n) is 5.39. The highest BCUT2D eigenvalue weighted by Crippen LogP contribution is 2.34. The quantitative estimate of drug-likeness (QED) is 0.294. The first kappa shape index (κ1) is 30.5. The van der Waals surface area contributed by atoms with Gasteiger partial charge in [-0.2, -0.15) is 0 Å². The van der Waals surface area contributed by atoms with Gasteiger partial charge in [0, 0.05) is 0 Å². The van der Waals surface area contributed by atoms with Gasteiger partial charge < -0.3 is 24.1 Å². The van der Waals surface area contributed by atoms with Crippen molar-refractivity contribution in [1.82, 2.24) is 0 Å². The molecule has 38 heavy (non-hydrogen) atoms. The number of benzene rings is 2. The molecule has 2 aromatic carbocycles. The Morgan fingerprint density at radius 2 is 1.24 bits per heavy atom. The molecule has 0 aromatic heterocycles. The largest absolute Gasteiger partial charge is 0.491 e. The minimum Gasteiger partial charge on any atom is -0.491 e. The van der Waals surface area contributed by atoms with Gasteiger partial charge in [0.2, 0.25) is 0 Å². The van der Waals surface area contributed by atoms with E-state index in [1.54, 1.807) is 0 Å². The second-order valence-corrected chi connectivity index (χ2v) is 10.5. The fraction of sp³-hybridized carbons (Fsp3) is 0.636. The van der Waals surface area contributed by atoms with E-state index in [1.165, 1.54) is 56.1 Å². The maximum absolute atomic E-state index is 9.70. The second kappa shape index (κ2) is 18.3. The van der Waals surface area contributed by atoms with Crippen LogP contribution in [0.5, 0.6) is 11.5 Å². The molecule has 0 fully saturated rings. The minimum absolute atomic E-state index is 0.0403. The zero-order chi connectivity index (χ0) is 26.7. The van der Waals surface area contributed by atoms with Crippen molar-refractivity contribution >= 4 is 0 Å². The normalized spacial score (nSPS) is 16.6. The maximum atomic E-state index is 9.70. The van der Waals surface area contributed by atoms with E-state index in [0.717, 1.165) is 50.0 Å². The van der Waals surface area contributed by atoms with Crippen molar-refractivity contribution in [1.29, 1.82) is 0 Å². The lowest BCUT2D eigenvalue weighted by molar-refractivity contribution is -0.0756. The van der Waals surface area contributed by atoms with Gasteiger partial charge in [0.05, 0.1) is 32.0 Å². The summed E-state index contributed by atoms with van der Waals surface area (Å²) in [7, 11) is 0. The molecule has 5 nitrogen and oxygen atoms in total. The smallest absolute Gasteiger partial charge is 0.122 e. The van der Waals surface area contributed by atoms with Crippen LogP contribution < -0.4 is 9.47 Å². The molecule has 0 radical (unpaired) electrons. The molecule has 0 saturated heterocycles. The summed E-state index contributed by atoms with van der Waals surface area (Å²) in [6.07, 6.45) is 14.9. The number of aryl methyl sites for hydroxylation is 2. The van der Waals surface area contributed by atoms with Crippen molar-refractivity contribution in [3.05, 3.63) is 59.7 Å². The van der Waals surface area contributed by atoms with E-state index < -0.39 is 0 Å². The third-order valence-electron chi connectivity index (χ3n) is 7.60. The van der Waals surface area contributed by atoms with E-state index in [-0.39, 0.29) is 12.2 Å². The Morgan fingerprint density at radius 1 is 0.711 bits per heavy atom. The summed E-state index contributed by atoms with van der Waals surface area (Å²) in [6.45, 7) is 4.76. The molecule has 1 aliphatic heterocycles. The molecule has 3 rings (SSSR count). The molecule has 2 aromatic rings. The van der Waals surface area contributed by atoms with Gasteiger partial charge in [0.15, 0.2) is 0 Å². The van der Waals surface area contributed by atoms with E-state index >= 15 is 0 Å². The molecule has 0 spiro atoms. The molecular formula is C33H50O5. The molecule has 0 bridgehead atoms. The summed E-state index contributed by atoms with van der Waals surface area (Å²) in [5.74, 6) is 1.85. The summed E-state index contributed by atoms with van der Waals surface area (Å²) in [5.41, 5.74) is 2.11. The highest BCUT2D eigenvalue weighted by molar-refractivity contribution is 5.35. The van der Waals surface area contributed by atoms with E-state index in [0.29, 0.717) is 33.0 Å². The summed E-state index contributed by atoms with van der Waals surface area (Å²) in [6, 6.07) is 16.6. The third kappa shape index (κ3) is 11.0. The lowest BCUT2D eigenvalue weighted by Crippen LogP contribution is -2.35. The number of aliphatic hydroxyl groups excluding tert-OH is 1. The number of aliphatic hydroxyl groups is 1. The van der Waals surface area contributed by atoms with Gasteiger partial charge in [-0.25, -0.2) is 0 Å². The van der Waals surface area contributed by atoms with Crippen molar-refractivity contribution in [3.63, 3.8) is 0 Å². The van der Waals surface area contributed by atoms with Crippen LogP contribution in [0.4, 0.5) is 0 Å². The molecule has 1 N–H and O–H groups in total. The third-order valence-corrected chi connectivity index (χ3v) is 7.60. The van der Waals surface area contributed by atoms with Crippen LogP contribution in [0.3, 0.4) is 0 Å². The van der Waals surface area contributed by atoms with Crippen molar-refractivity contribution in [2.45, 2.75) is 96.0 Å². The Balaban J connectivity index is 1.75. The zero-order valence-electron chi connectivity index (χ0n) is 23.6. The molecule has 0 unspecified atom stereocenters. The van der Waals surface area contributed by atoms with Gasteiger partial charge in [0.1, 0.15) is 24.7 Å². The van der Waals surface area contributed by atoms with Crippen LogP contribution in [-0.2, 0) is 22.3 Å². The highest BCUT2D eigenvalue weighted by Gasteiger charge is 2.31. The first-order chi connectivity index (χ1) is 18.8. The number of unbranched alkanes of at least 4 members (excludes halogenated alkanes) is 7. The first-order valence-corrected chi connectivity index (χ1v) is 15.0. The Labute approximate surface area is 230 Å². The van der Waals surface area contributed by atoms with Crippen LogP contribution >= 0.6 is 0 Å². The van der Waals surface area contributed by atoms with E-state index in [2.05, 4.69) is 31.2 Å². The lowest BCUT2D eigenvalue weighted by Gasteiger charge is -2.35. The molecule has 1 aliphatic rings. The number of hydrogen-bond acceptors (Lipinski definition) is 5. The van der Waals surface area contributed by atoms with Crippen molar-refractivity contribution in [3.8, 4) is 11.5 Å². The van der Waals surface area contributed by atoms with Gasteiger partial charge in [-0.15, -0.1) is 0 Å². The van der Waals surface area contributed by atoms with Gasteiger partial charge in [0.25, 0.3) is 0 Å². The van der Waals surface area contributed by atoms with Gasteiger partial charge in [-0.3, -0.25) is 0 Å². The molecule has 0 amide bonds. The molecule has 5 heteroatoms. The summed E-state index contributed by atoms with van der Waals surface area (Å²) in [4.78, 5) is 0. The summed E-state index contributed by atoms with van der Waals surface area (Å²) >= 11 is 0. The molecule has 1 heterocycles. The minimum atomic E-state index is -0.300. The van der Waals surface area contributed by atoms with Crippen molar-refractivity contribution < 1.29 is 24.1 Å². The number of rotatable bonds is 12. The van der Waals surface area contributed by atoms with Gasteiger partial charge in [-0.05, 0) is 55.4 Å². The predicted octanol–water partition coefficient (Wildman–Crippen LogP) is 7.32. The SMILES string of the molecule is CCCCCCCCCCC1(OCCO)CCc2ccccc2OCCOCCOc2ccccc2CC1. The number of ether oxygens (including phenoxy) is 4. The monoisotopic (exact) mass is 526 g/mol. The molecule has 212 valence electrons. The van der Waals surface area contributed by atoms with Crippen molar-refractivity contribution in [2.75, 3.05) is 39.6 Å². The molecule has 0 aliphatic carbocycles.